The molecule has 0 aliphatic carbocycles. The molecule has 5 heterocycles. The first-order valence-corrected chi connectivity index (χ1v) is 12.5. The second-order valence-corrected chi connectivity index (χ2v) is 10.5. The Morgan fingerprint density at radius 1 is 1.08 bits per heavy atom. The molecule has 1 saturated heterocycles. The molecule has 0 radical (unpaired) electrons. The van der Waals surface area contributed by atoms with Crippen LogP contribution in [0, 0.1) is 0 Å². The predicted molar refractivity (Wildman–Crippen MR) is 137 cm³/mol. The van der Waals surface area contributed by atoms with Gasteiger partial charge in [0.1, 0.15) is 12.3 Å². The van der Waals surface area contributed by atoms with Crippen LogP contribution < -0.4 is 5.32 Å². The van der Waals surface area contributed by atoms with Crippen LogP contribution in [0.2, 0.25) is 0 Å². The Labute approximate surface area is 211 Å². The number of ether oxygens (including phenoxy) is 2. The highest BCUT2D eigenvalue weighted by molar-refractivity contribution is 6.31. The van der Waals surface area contributed by atoms with Crippen molar-refractivity contribution >= 4 is 49.5 Å². The largest absolute Gasteiger partial charge is 0.375 e. The zero-order valence-electron chi connectivity index (χ0n) is 20.6. The van der Waals surface area contributed by atoms with Crippen molar-refractivity contribution in [3.63, 3.8) is 0 Å². The molecular weight excluding hydrogens is 472 g/mol. The smallest absolute Gasteiger partial charge is 0.254 e. The van der Waals surface area contributed by atoms with Crippen LogP contribution in [0.25, 0.3) is 43.6 Å². The maximum atomic E-state index is 13.4. The van der Waals surface area contributed by atoms with Gasteiger partial charge in [-0.25, -0.2) is 0 Å². The minimum absolute atomic E-state index is 0.286. The summed E-state index contributed by atoms with van der Waals surface area (Å²) in [6.45, 7) is 2.00. The van der Waals surface area contributed by atoms with Crippen molar-refractivity contribution in [1.29, 1.82) is 0 Å². The molecular formula is C28H26N4O5. The highest BCUT2D eigenvalue weighted by Crippen LogP contribution is 2.54. The number of hydroxylamine groups is 2. The number of carbonyl (C=O) groups excluding carboxylic acids is 1. The van der Waals surface area contributed by atoms with E-state index >= 15 is 0 Å². The average molecular weight is 499 g/mol. The van der Waals surface area contributed by atoms with Crippen LogP contribution in [0.3, 0.4) is 0 Å². The van der Waals surface area contributed by atoms with Gasteiger partial charge in [-0.2, -0.15) is 5.06 Å². The SMILES string of the molecule is CO[C@@H]1[C@H](N(C)O)C[C@H]2O[C@]1(C)n1c3ccccc3c3c4c(c5c6ccccc6n2c5c31)C(=O)NC4O. The summed E-state index contributed by atoms with van der Waals surface area (Å²) in [7, 11) is 3.29. The molecule has 3 aromatic carbocycles. The average Bonchev–Trinajstić information content (AvgIpc) is 3.48. The third kappa shape index (κ3) is 2.35. The molecule has 3 aliphatic heterocycles. The van der Waals surface area contributed by atoms with Crippen molar-refractivity contribution in [1.82, 2.24) is 19.5 Å². The van der Waals surface area contributed by atoms with E-state index in [1.165, 1.54) is 5.06 Å². The zero-order chi connectivity index (χ0) is 25.4. The number of aliphatic hydroxyl groups is 1. The van der Waals surface area contributed by atoms with E-state index in [4.69, 9.17) is 9.47 Å². The van der Waals surface area contributed by atoms with Crippen LogP contribution in [0.15, 0.2) is 48.5 Å². The minimum Gasteiger partial charge on any atom is -0.375 e. The van der Waals surface area contributed by atoms with E-state index in [2.05, 4.69) is 14.5 Å². The number of carbonyl (C=O) groups is 1. The van der Waals surface area contributed by atoms with Crippen LogP contribution >= 0.6 is 0 Å². The van der Waals surface area contributed by atoms with E-state index < -0.39 is 24.3 Å². The number of amides is 1. The number of hydrogen-bond donors (Lipinski definition) is 3. The molecule has 5 atom stereocenters. The number of likely N-dealkylation sites (N-methyl/N-ethyl adjacent to an activating group) is 1. The first-order chi connectivity index (χ1) is 17.9. The summed E-state index contributed by atoms with van der Waals surface area (Å²) < 4.78 is 17.4. The fourth-order valence-electron chi connectivity index (χ4n) is 7.42. The molecule has 0 spiro atoms. The number of nitrogens with one attached hydrogen (secondary N) is 1. The summed E-state index contributed by atoms with van der Waals surface area (Å²) in [6, 6.07) is 15.6. The molecule has 3 N–H and O–H groups in total. The van der Waals surface area contributed by atoms with Crippen LogP contribution in [0.4, 0.5) is 0 Å². The van der Waals surface area contributed by atoms with Crippen molar-refractivity contribution in [3.05, 3.63) is 59.7 Å². The topological polar surface area (TPSA) is 101 Å². The molecule has 37 heavy (non-hydrogen) atoms. The molecule has 5 aromatic rings. The predicted octanol–water partition coefficient (Wildman–Crippen LogP) is 3.95. The highest BCUT2D eigenvalue weighted by atomic mass is 16.6. The van der Waals surface area contributed by atoms with Crippen molar-refractivity contribution in [3.8, 4) is 0 Å². The Morgan fingerprint density at radius 3 is 2.46 bits per heavy atom. The molecule has 8 rings (SSSR count). The second kappa shape index (κ2) is 6.89. The van der Waals surface area contributed by atoms with E-state index in [9.17, 15) is 15.1 Å². The molecule has 1 unspecified atom stereocenters. The Balaban J connectivity index is 1.71. The van der Waals surface area contributed by atoms with E-state index in [0.29, 0.717) is 17.5 Å². The lowest BCUT2D eigenvalue weighted by molar-refractivity contribution is -0.293. The number of para-hydroxylation sites is 2. The Bertz CT molecular complexity index is 1820. The minimum atomic E-state index is -1.13. The van der Waals surface area contributed by atoms with Crippen molar-refractivity contribution in [2.45, 2.75) is 43.7 Å². The Morgan fingerprint density at radius 2 is 1.76 bits per heavy atom. The number of aliphatic hydroxyl groups excluding tert-OH is 1. The maximum Gasteiger partial charge on any atom is 0.254 e. The fraction of sp³-hybridized carbons (Fsp3) is 0.321. The quantitative estimate of drug-likeness (QED) is 0.319. The molecule has 9 heteroatoms. The standard InChI is InChI=1S/C28H26N4O5/c1-28-25(36-3)17(30(2)35)12-18(37-28)31-15-10-6-4-8-13(15)19-21-22(27(34)29-26(21)33)20-14-9-5-7-11-16(14)32(28)24(20)23(19)31/h4-11,17-18,25,27,34-35H,12H2,1-3H3,(H,29,33)/t17-,18-,25-,27?,28+/m1/s1. The van der Waals surface area contributed by atoms with Crippen LogP contribution in [-0.2, 0) is 15.2 Å². The lowest BCUT2D eigenvalue weighted by atomic mass is 9.92. The highest BCUT2D eigenvalue weighted by Gasteiger charge is 2.54. The molecule has 2 aromatic heterocycles. The van der Waals surface area contributed by atoms with E-state index in [0.717, 1.165) is 43.6 Å². The third-order valence-electron chi connectivity index (χ3n) is 8.73. The van der Waals surface area contributed by atoms with Gasteiger partial charge in [0.25, 0.3) is 5.91 Å². The van der Waals surface area contributed by atoms with Crippen molar-refractivity contribution < 1.29 is 24.6 Å². The summed E-state index contributed by atoms with van der Waals surface area (Å²) >= 11 is 0. The zero-order valence-corrected chi connectivity index (χ0v) is 20.6. The summed E-state index contributed by atoms with van der Waals surface area (Å²) in [5.74, 6) is -0.286. The van der Waals surface area contributed by atoms with Gasteiger partial charge in [0.05, 0.1) is 33.7 Å². The first kappa shape index (κ1) is 21.6. The van der Waals surface area contributed by atoms with E-state index in [1.54, 1.807) is 14.2 Å². The summed E-state index contributed by atoms with van der Waals surface area (Å²) in [5.41, 5.74) is 3.70. The number of benzene rings is 3. The molecule has 0 saturated carbocycles. The molecule has 188 valence electrons. The normalized spacial score (nSPS) is 28.6. The summed E-state index contributed by atoms with van der Waals surface area (Å²) in [4.78, 5) is 13.4. The van der Waals surface area contributed by atoms with Crippen LogP contribution in [0.1, 0.15) is 41.7 Å². The van der Waals surface area contributed by atoms with Crippen LogP contribution in [-0.4, -0.2) is 56.7 Å². The number of aromatic nitrogens is 2. The van der Waals surface area contributed by atoms with Gasteiger partial charge < -0.3 is 34.2 Å². The van der Waals surface area contributed by atoms with Gasteiger partial charge in [0.15, 0.2) is 12.0 Å². The van der Waals surface area contributed by atoms with Gasteiger partial charge in [0.2, 0.25) is 0 Å². The molecule has 1 amide bonds. The Kier molecular flexibility index (Phi) is 4.02. The van der Waals surface area contributed by atoms with Gasteiger partial charge in [0, 0.05) is 47.7 Å². The van der Waals surface area contributed by atoms with Crippen LogP contribution in [0.5, 0.6) is 0 Å². The number of fused-ring (bicyclic) bond motifs is 13. The second-order valence-electron chi connectivity index (χ2n) is 10.5. The molecule has 9 nitrogen and oxygen atoms in total. The number of rotatable bonds is 2. The number of nitrogens with zero attached hydrogens (tertiary/aromatic N) is 3. The number of methoxy groups -OCH3 is 1. The van der Waals surface area contributed by atoms with Gasteiger partial charge in [-0.15, -0.1) is 0 Å². The fourth-order valence-corrected chi connectivity index (χ4v) is 7.42. The molecule has 2 bridgehead atoms. The third-order valence-corrected chi connectivity index (χ3v) is 8.73. The van der Waals surface area contributed by atoms with E-state index in [-0.39, 0.29) is 11.9 Å². The van der Waals surface area contributed by atoms with Gasteiger partial charge >= 0.3 is 0 Å². The molecule has 3 aliphatic rings. The summed E-state index contributed by atoms with van der Waals surface area (Å²) in [5, 5.41) is 29.4. The van der Waals surface area contributed by atoms with E-state index in [1.807, 2.05) is 55.5 Å². The molecule has 1 fully saturated rings. The van der Waals surface area contributed by atoms with Gasteiger partial charge in [-0.05, 0) is 19.1 Å². The van der Waals surface area contributed by atoms with Gasteiger partial charge in [-0.3, -0.25) is 4.79 Å². The van der Waals surface area contributed by atoms with Crippen molar-refractivity contribution in [2.75, 3.05) is 14.2 Å². The first-order valence-electron chi connectivity index (χ1n) is 12.5. The van der Waals surface area contributed by atoms with Gasteiger partial charge in [-0.1, -0.05) is 36.4 Å². The summed E-state index contributed by atoms with van der Waals surface area (Å²) in [6.07, 6.45) is -1.60. The lowest BCUT2D eigenvalue weighted by Gasteiger charge is -2.49. The maximum absolute atomic E-state index is 13.4. The van der Waals surface area contributed by atoms with Crippen molar-refractivity contribution in [2.24, 2.45) is 0 Å². The monoisotopic (exact) mass is 498 g/mol. The Hall–Kier alpha value is -3.47. The lowest BCUT2D eigenvalue weighted by Crippen LogP contribution is -2.60. The number of hydrogen-bond acceptors (Lipinski definition) is 6.